The summed E-state index contributed by atoms with van der Waals surface area (Å²) in [6.07, 6.45) is 4.28. The van der Waals surface area contributed by atoms with Crippen LogP contribution in [-0.4, -0.2) is 25.2 Å². The van der Waals surface area contributed by atoms with Gasteiger partial charge in [0.25, 0.3) is 0 Å². The Kier molecular flexibility index (Phi) is 2.99. The van der Waals surface area contributed by atoms with Gasteiger partial charge in [-0.05, 0) is 31.2 Å². The van der Waals surface area contributed by atoms with Gasteiger partial charge in [0, 0.05) is 18.7 Å². The lowest BCUT2D eigenvalue weighted by molar-refractivity contribution is 0.415. The van der Waals surface area contributed by atoms with Crippen molar-refractivity contribution in [2.75, 3.05) is 25.1 Å². The minimum Gasteiger partial charge on any atom is -0.497 e. The summed E-state index contributed by atoms with van der Waals surface area (Å²) in [5, 5.41) is 0. The maximum absolute atomic E-state index is 5.77. The summed E-state index contributed by atoms with van der Waals surface area (Å²) in [7, 11) is 1.66. The largest absolute Gasteiger partial charge is 0.497 e. The fourth-order valence-electron chi connectivity index (χ4n) is 2.19. The van der Waals surface area contributed by atoms with Crippen LogP contribution in [0.4, 0.5) is 5.82 Å². The third kappa shape index (κ3) is 2.21. The number of aromatic nitrogens is 1. The van der Waals surface area contributed by atoms with E-state index < -0.39 is 0 Å². The summed E-state index contributed by atoms with van der Waals surface area (Å²) < 4.78 is 10.9. The van der Waals surface area contributed by atoms with Crippen molar-refractivity contribution in [2.45, 2.75) is 6.92 Å². The Morgan fingerprint density at radius 2 is 1.84 bits per heavy atom. The Morgan fingerprint density at radius 3 is 2.47 bits per heavy atom. The van der Waals surface area contributed by atoms with Crippen molar-refractivity contribution >= 4 is 5.82 Å². The van der Waals surface area contributed by atoms with Gasteiger partial charge in [-0.3, -0.25) is 0 Å². The van der Waals surface area contributed by atoms with Crippen molar-refractivity contribution in [3.63, 3.8) is 0 Å². The SMILES string of the molecule is COc1ccc(-c2nc(N3CC=CC3)c(C)o2)cc1. The number of hydrogen-bond donors (Lipinski definition) is 0. The molecule has 4 nitrogen and oxygen atoms in total. The van der Waals surface area contributed by atoms with Crippen molar-refractivity contribution < 1.29 is 9.15 Å². The second-order valence-electron chi connectivity index (χ2n) is 4.50. The summed E-state index contributed by atoms with van der Waals surface area (Å²) in [6, 6.07) is 7.73. The van der Waals surface area contributed by atoms with Gasteiger partial charge in [-0.2, -0.15) is 4.98 Å². The molecular formula is C15H16N2O2. The number of ether oxygens (including phenoxy) is 1. The first-order chi connectivity index (χ1) is 9.28. The van der Waals surface area contributed by atoms with E-state index >= 15 is 0 Å². The normalized spacial score (nSPS) is 14.1. The summed E-state index contributed by atoms with van der Waals surface area (Å²) >= 11 is 0. The van der Waals surface area contributed by atoms with Crippen molar-refractivity contribution in [1.82, 2.24) is 4.98 Å². The van der Waals surface area contributed by atoms with Crippen LogP contribution in [0, 0.1) is 6.92 Å². The fraction of sp³-hybridized carbons (Fsp3) is 0.267. The lowest BCUT2D eigenvalue weighted by atomic mass is 10.2. The molecule has 2 heterocycles. The number of methoxy groups -OCH3 is 1. The standard InChI is InChI=1S/C15H16N2O2/c1-11-14(17-9-3-4-10-17)16-15(19-11)12-5-7-13(18-2)8-6-12/h3-8H,9-10H2,1-2H3. The second-order valence-corrected chi connectivity index (χ2v) is 4.50. The van der Waals surface area contributed by atoms with E-state index in [2.05, 4.69) is 22.0 Å². The molecule has 2 aromatic rings. The Morgan fingerprint density at radius 1 is 1.16 bits per heavy atom. The van der Waals surface area contributed by atoms with Crippen LogP contribution in [0.1, 0.15) is 5.76 Å². The molecule has 0 fully saturated rings. The van der Waals surface area contributed by atoms with Gasteiger partial charge in [0.1, 0.15) is 11.5 Å². The van der Waals surface area contributed by atoms with Gasteiger partial charge in [0.2, 0.25) is 5.89 Å². The zero-order valence-corrected chi connectivity index (χ0v) is 11.1. The highest BCUT2D eigenvalue weighted by molar-refractivity contribution is 5.59. The van der Waals surface area contributed by atoms with Gasteiger partial charge in [-0.25, -0.2) is 0 Å². The molecule has 0 N–H and O–H groups in total. The Bertz CT molecular complexity index is 591. The zero-order chi connectivity index (χ0) is 13.2. The van der Waals surface area contributed by atoms with Crippen LogP contribution < -0.4 is 9.64 Å². The van der Waals surface area contributed by atoms with Gasteiger partial charge in [-0.1, -0.05) is 12.2 Å². The minimum absolute atomic E-state index is 0.655. The molecule has 0 spiro atoms. The average molecular weight is 256 g/mol. The third-order valence-corrected chi connectivity index (χ3v) is 3.23. The summed E-state index contributed by atoms with van der Waals surface area (Å²) in [5.74, 6) is 3.27. The maximum atomic E-state index is 5.77. The topological polar surface area (TPSA) is 38.5 Å². The van der Waals surface area contributed by atoms with Crippen molar-refractivity contribution in [3.05, 3.63) is 42.2 Å². The van der Waals surface area contributed by atoms with Gasteiger partial charge in [0.05, 0.1) is 7.11 Å². The molecule has 0 saturated carbocycles. The number of anilines is 1. The van der Waals surface area contributed by atoms with Gasteiger partial charge >= 0.3 is 0 Å². The van der Waals surface area contributed by atoms with Crippen LogP contribution in [0.15, 0.2) is 40.8 Å². The molecule has 1 aromatic carbocycles. The molecule has 4 heteroatoms. The third-order valence-electron chi connectivity index (χ3n) is 3.23. The van der Waals surface area contributed by atoms with E-state index in [9.17, 15) is 0 Å². The first-order valence-corrected chi connectivity index (χ1v) is 6.30. The fourth-order valence-corrected chi connectivity index (χ4v) is 2.19. The summed E-state index contributed by atoms with van der Waals surface area (Å²) in [5.41, 5.74) is 0.960. The van der Waals surface area contributed by atoms with E-state index in [1.165, 1.54) is 0 Å². The number of hydrogen-bond acceptors (Lipinski definition) is 4. The molecule has 1 aliphatic rings. The number of nitrogens with zero attached hydrogens (tertiary/aromatic N) is 2. The summed E-state index contributed by atoms with van der Waals surface area (Å²) in [6.45, 7) is 3.75. The predicted molar refractivity (Wildman–Crippen MR) is 74.6 cm³/mol. The summed E-state index contributed by atoms with van der Waals surface area (Å²) in [4.78, 5) is 6.78. The van der Waals surface area contributed by atoms with Gasteiger partial charge in [-0.15, -0.1) is 0 Å². The molecule has 1 aliphatic heterocycles. The van der Waals surface area contributed by atoms with E-state index in [4.69, 9.17) is 9.15 Å². The van der Waals surface area contributed by atoms with E-state index in [0.717, 1.165) is 36.0 Å². The molecule has 1 aromatic heterocycles. The Hall–Kier alpha value is -2.23. The van der Waals surface area contributed by atoms with E-state index in [0.29, 0.717) is 5.89 Å². The van der Waals surface area contributed by atoms with Crippen LogP contribution in [0.25, 0.3) is 11.5 Å². The number of benzene rings is 1. The van der Waals surface area contributed by atoms with Crippen LogP contribution in [-0.2, 0) is 0 Å². The first-order valence-electron chi connectivity index (χ1n) is 6.30. The molecule has 0 saturated heterocycles. The zero-order valence-electron chi connectivity index (χ0n) is 11.1. The van der Waals surface area contributed by atoms with E-state index in [1.54, 1.807) is 7.11 Å². The quantitative estimate of drug-likeness (QED) is 0.791. The number of rotatable bonds is 3. The average Bonchev–Trinajstić information content (AvgIpc) is 3.08. The molecule has 3 rings (SSSR count). The number of aryl methyl sites for hydroxylation is 1. The molecule has 0 unspecified atom stereocenters. The molecular weight excluding hydrogens is 240 g/mol. The smallest absolute Gasteiger partial charge is 0.228 e. The lowest BCUT2D eigenvalue weighted by Gasteiger charge is -2.13. The van der Waals surface area contributed by atoms with Gasteiger partial charge in [0.15, 0.2) is 5.82 Å². The molecule has 0 aliphatic carbocycles. The van der Waals surface area contributed by atoms with Crippen LogP contribution in [0.5, 0.6) is 5.75 Å². The second kappa shape index (κ2) is 4.80. The molecule has 0 radical (unpaired) electrons. The predicted octanol–water partition coefficient (Wildman–Crippen LogP) is 3.03. The van der Waals surface area contributed by atoms with E-state index in [1.807, 2.05) is 31.2 Å². The molecule has 0 amide bonds. The maximum Gasteiger partial charge on any atom is 0.228 e. The van der Waals surface area contributed by atoms with Crippen molar-refractivity contribution in [3.8, 4) is 17.2 Å². The van der Waals surface area contributed by atoms with Crippen molar-refractivity contribution in [2.24, 2.45) is 0 Å². The highest BCUT2D eigenvalue weighted by Gasteiger charge is 2.17. The molecule has 0 bridgehead atoms. The Balaban J connectivity index is 1.90. The van der Waals surface area contributed by atoms with Crippen molar-refractivity contribution in [1.29, 1.82) is 0 Å². The highest BCUT2D eigenvalue weighted by Crippen LogP contribution is 2.28. The van der Waals surface area contributed by atoms with Crippen LogP contribution in [0.2, 0.25) is 0 Å². The van der Waals surface area contributed by atoms with Gasteiger partial charge < -0.3 is 14.1 Å². The molecule has 19 heavy (non-hydrogen) atoms. The Labute approximate surface area is 112 Å². The molecule has 98 valence electrons. The number of oxazole rings is 1. The monoisotopic (exact) mass is 256 g/mol. The molecule has 0 atom stereocenters. The lowest BCUT2D eigenvalue weighted by Crippen LogP contribution is -2.19. The van der Waals surface area contributed by atoms with E-state index in [-0.39, 0.29) is 0 Å². The van der Waals surface area contributed by atoms with Crippen LogP contribution >= 0.6 is 0 Å². The van der Waals surface area contributed by atoms with Crippen LogP contribution in [0.3, 0.4) is 0 Å². The first kappa shape index (κ1) is 11.8. The highest BCUT2D eigenvalue weighted by atomic mass is 16.5. The minimum atomic E-state index is 0.655.